The van der Waals surface area contributed by atoms with Crippen molar-refractivity contribution in [2.75, 3.05) is 13.6 Å². The average Bonchev–Trinajstić information content (AvgIpc) is 2.40. The molecule has 0 aliphatic carbocycles. The van der Waals surface area contributed by atoms with E-state index in [1.54, 1.807) is 12.1 Å². The second-order valence-corrected chi connectivity index (χ2v) is 5.78. The van der Waals surface area contributed by atoms with Gasteiger partial charge in [-0.1, -0.05) is 18.6 Å². The van der Waals surface area contributed by atoms with Gasteiger partial charge in [-0.3, -0.25) is 4.90 Å². The number of rotatable bonds is 5. The lowest BCUT2D eigenvalue weighted by atomic mass is 9.98. The molecule has 1 saturated heterocycles. The maximum absolute atomic E-state index is 13.2. The molecule has 2 nitrogen and oxygen atoms in total. The molecule has 0 saturated carbocycles. The zero-order valence-corrected chi connectivity index (χ0v) is 12.0. The summed E-state index contributed by atoms with van der Waals surface area (Å²) in [6.07, 6.45) is 5.12. The Hall–Kier alpha value is -0.930. The van der Waals surface area contributed by atoms with E-state index in [1.165, 1.54) is 31.7 Å². The largest absolute Gasteiger partial charge is 0.314 e. The van der Waals surface area contributed by atoms with Gasteiger partial charge in [0.15, 0.2) is 0 Å². The number of hydrogen-bond acceptors (Lipinski definition) is 2. The van der Waals surface area contributed by atoms with Crippen molar-refractivity contribution in [3.63, 3.8) is 0 Å². The third kappa shape index (κ3) is 4.59. The molecular formula is C16H25FN2. The summed E-state index contributed by atoms with van der Waals surface area (Å²) in [5.41, 5.74) is 1.05. The molecule has 19 heavy (non-hydrogen) atoms. The van der Waals surface area contributed by atoms with Gasteiger partial charge in [0.25, 0.3) is 0 Å². The molecule has 1 aliphatic heterocycles. The van der Waals surface area contributed by atoms with Crippen molar-refractivity contribution in [3.05, 3.63) is 35.6 Å². The molecule has 0 aromatic heterocycles. The van der Waals surface area contributed by atoms with Crippen LogP contribution in [0.25, 0.3) is 0 Å². The van der Waals surface area contributed by atoms with Gasteiger partial charge in [-0.2, -0.15) is 0 Å². The standard InChI is InChI=1S/C16H25FN2/c1-13(10-16-8-3-4-9-18-16)19(2)12-14-6-5-7-15(17)11-14/h5-7,11,13,16,18H,3-4,8-10,12H2,1-2H3. The molecule has 1 heterocycles. The first-order valence-electron chi connectivity index (χ1n) is 7.33. The Morgan fingerprint density at radius 1 is 1.42 bits per heavy atom. The Kier molecular flexibility index (Phi) is 5.34. The van der Waals surface area contributed by atoms with Gasteiger partial charge in [-0.05, 0) is 57.5 Å². The van der Waals surface area contributed by atoms with Gasteiger partial charge in [-0.25, -0.2) is 4.39 Å². The fourth-order valence-corrected chi connectivity index (χ4v) is 2.80. The predicted octanol–water partition coefficient (Wildman–Crippen LogP) is 3.18. The summed E-state index contributed by atoms with van der Waals surface area (Å²) < 4.78 is 13.2. The Morgan fingerprint density at radius 3 is 2.95 bits per heavy atom. The molecule has 1 aromatic carbocycles. The van der Waals surface area contributed by atoms with Gasteiger partial charge >= 0.3 is 0 Å². The Morgan fingerprint density at radius 2 is 2.26 bits per heavy atom. The van der Waals surface area contributed by atoms with E-state index in [9.17, 15) is 4.39 Å². The highest BCUT2D eigenvalue weighted by Gasteiger charge is 2.18. The number of piperidine rings is 1. The third-order valence-electron chi connectivity index (χ3n) is 4.11. The molecule has 1 aromatic rings. The van der Waals surface area contributed by atoms with Crippen molar-refractivity contribution in [2.45, 2.75) is 51.2 Å². The predicted molar refractivity (Wildman–Crippen MR) is 77.6 cm³/mol. The van der Waals surface area contributed by atoms with Crippen LogP contribution in [0.2, 0.25) is 0 Å². The molecule has 0 spiro atoms. The van der Waals surface area contributed by atoms with Crippen LogP contribution in [0.1, 0.15) is 38.2 Å². The monoisotopic (exact) mass is 264 g/mol. The van der Waals surface area contributed by atoms with Gasteiger partial charge in [0, 0.05) is 18.6 Å². The third-order valence-corrected chi connectivity index (χ3v) is 4.11. The zero-order chi connectivity index (χ0) is 13.7. The molecule has 2 unspecified atom stereocenters. The fourth-order valence-electron chi connectivity index (χ4n) is 2.80. The molecule has 106 valence electrons. The first-order valence-corrected chi connectivity index (χ1v) is 7.33. The van der Waals surface area contributed by atoms with Crippen LogP contribution in [-0.4, -0.2) is 30.6 Å². The molecule has 0 radical (unpaired) electrons. The van der Waals surface area contributed by atoms with Gasteiger partial charge in [0.05, 0.1) is 0 Å². The minimum Gasteiger partial charge on any atom is -0.314 e. The van der Waals surface area contributed by atoms with Crippen LogP contribution in [0.3, 0.4) is 0 Å². The van der Waals surface area contributed by atoms with Crippen LogP contribution >= 0.6 is 0 Å². The Balaban J connectivity index is 1.82. The maximum Gasteiger partial charge on any atom is 0.123 e. The highest BCUT2D eigenvalue weighted by Crippen LogP contribution is 2.16. The van der Waals surface area contributed by atoms with Gasteiger partial charge in [0.2, 0.25) is 0 Å². The van der Waals surface area contributed by atoms with E-state index in [4.69, 9.17) is 0 Å². The first-order chi connectivity index (χ1) is 9.15. The quantitative estimate of drug-likeness (QED) is 0.878. The normalized spacial score (nSPS) is 21.6. The summed E-state index contributed by atoms with van der Waals surface area (Å²) in [6.45, 7) is 4.23. The lowest BCUT2D eigenvalue weighted by molar-refractivity contribution is 0.209. The van der Waals surface area contributed by atoms with E-state index in [0.717, 1.165) is 18.7 Å². The van der Waals surface area contributed by atoms with E-state index in [-0.39, 0.29) is 5.82 Å². The molecule has 3 heteroatoms. The average molecular weight is 264 g/mol. The van der Waals surface area contributed by atoms with Crippen LogP contribution in [0.4, 0.5) is 4.39 Å². The van der Waals surface area contributed by atoms with Crippen molar-refractivity contribution >= 4 is 0 Å². The van der Waals surface area contributed by atoms with E-state index in [1.807, 2.05) is 6.07 Å². The maximum atomic E-state index is 13.2. The van der Waals surface area contributed by atoms with Gasteiger partial charge in [-0.15, -0.1) is 0 Å². The summed E-state index contributed by atoms with van der Waals surface area (Å²) in [4.78, 5) is 2.31. The molecule has 0 amide bonds. The van der Waals surface area contributed by atoms with Crippen LogP contribution < -0.4 is 5.32 Å². The minimum atomic E-state index is -0.146. The fraction of sp³-hybridized carbons (Fsp3) is 0.625. The number of hydrogen-bond donors (Lipinski definition) is 1. The van der Waals surface area contributed by atoms with Crippen LogP contribution in [0, 0.1) is 5.82 Å². The minimum absolute atomic E-state index is 0.146. The van der Waals surface area contributed by atoms with Crippen LogP contribution in [-0.2, 0) is 6.54 Å². The number of halogens is 1. The second-order valence-electron chi connectivity index (χ2n) is 5.78. The highest BCUT2D eigenvalue weighted by molar-refractivity contribution is 5.16. The molecule has 0 bridgehead atoms. The van der Waals surface area contributed by atoms with Crippen LogP contribution in [0.5, 0.6) is 0 Å². The van der Waals surface area contributed by atoms with Gasteiger partial charge in [0.1, 0.15) is 5.82 Å². The van der Waals surface area contributed by atoms with E-state index < -0.39 is 0 Å². The summed E-state index contributed by atoms with van der Waals surface area (Å²) in [5.74, 6) is -0.146. The van der Waals surface area contributed by atoms with Crippen molar-refractivity contribution < 1.29 is 4.39 Å². The van der Waals surface area contributed by atoms with E-state index in [2.05, 4.69) is 24.2 Å². The zero-order valence-electron chi connectivity index (χ0n) is 12.0. The van der Waals surface area contributed by atoms with Crippen LogP contribution in [0.15, 0.2) is 24.3 Å². The smallest absolute Gasteiger partial charge is 0.123 e. The Bertz CT molecular complexity index is 388. The number of benzene rings is 1. The second kappa shape index (κ2) is 7.01. The molecule has 2 atom stereocenters. The molecule has 1 fully saturated rings. The topological polar surface area (TPSA) is 15.3 Å². The number of nitrogens with one attached hydrogen (secondary N) is 1. The highest BCUT2D eigenvalue weighted by atomic mass is 19.1. The van der Waals surface area contributed by atoms with Crippen molar-refractivity contribution in [3.8, 4) is 0 Å². The summed E-state index contributed by atoms with van der Waals surface area (Å²) >= 11 is 0. The van der Waals surface area contributed by atoms with E-state index in [0.29, 0.717) is 12.1 Å². The summed E-state index contributed by atoms with van der Waals surface area (Å²) in [5, 5.41) is 3.59. The van der Waals surface area contributed by atoms with Crippen molar-refractivity contribution in [1.29, 1.82) is 0 Å². The number of nitrogens with zero attached hydrogens (tertiary/aromatic N) is 1. The first kappa shape index (κ1) is 14.5. The lowest BCUT2D eigenvalue weighted by Gasteiger charge is -2.31. The van der Waals surface area contributed by atoms with Crippen molar-refractivity contribution in [1.82, 2.24) is 10.2 Å². The molecule has 2 rings (SSSR count). The SMILES string of the molecule is CC(CC1CCCCN1)N(C)Cc1cccc(F)c1. The van der Waals surface area contributed by atoms with E-state index >= 15 is 0 Å². The lowest BCUT2D eigenvalue weighted by Crippen LogP contribution is -2.40. The molecule has 1 aliphatic rings. The summed E-state index contributed by atoms with van der Waals surface area (Å²) in [7, 11) is 2.12. The molecule has 1 N–H and O–H groups in total. The molecular weight excluding hydrogens is 239 g/mol. The van der Waals surface area contributed by atoms with Crippen molar-refractivity contribution in [2.24, 2.45) is 0 Å². The van der Waals surface area contributed by atoms with Gasteiger partial charge < -0.3 is 5.32 Å². The summed E-state index contributed by atoms with van der Waals surface area (Å²) in [6, 6.07) is 8.07. The Labute approximate surface area is 116 Å².